The Morgan fingerprint density at radius 1 is 1.69 bits per heavy atom. The van der Waals surface area contributed by atoms with Gasteiger partial charge in [0.1, 0.15) is 6.33 Å². The monoisotopic (exact) mass is 261 g/mol. The topological polar surface area (TPSA) is 29.0 Å². The molecule has 1 aromatic heterocycles. The molecule has 0 saturated carbocycles. The Bertz CT molecular complexity index is 252. The van der Waals surface area contributed by atoms with Crippen LogP contribution in [0.4, 0.5) is 5.13 Å². The van der Waals surface area contributed by atoms with Gasteiger partial charge in [-0.25, -0.2) is 4.98 Å². The van der Waals surface area contributed by atoms with Crippen LogP contribution in [-0.2, 0) is 0 Å². The fourth-order valence-corrected chi connectivity index (χ4v) is 2.76. The molecular formula is C8H12BrN3S. The Balaban J connectivity index is 2.00. The molecule has 0 aliphatic carbocycles. The van der Waals surface area contributed by atoms with Gasteiger partial charge in [-0.15, -0.1) is 0 Å². The highest BCUT2D eigenvalue weighted by Crippen LogP contribution is 2.24. The standard InChI is InChI=1S/C8H12BrN3S/c9-4-7-2-1-3-12(5-7)8-10-6-11-13-8/h6-7H,1-5H2. The molecule has 1 atom stereocenters. The maximum absolute atomic E-state index is 4.23. The van der Waals surface area contributed by atoms with Crippen LogP contribution in [0.25, 0.3) is 0 Å². The zero-order valence-electron chi connectivity index (χ0n) is 7.32. The summed E-state index contributed by atoms with van der Waals surface area (Å²) >= 11 is 5.03. The SMILES string of the molecule is BrCC1CCCN(c2ncns2)C1. The summed E-state index contributed by atoms with van der Waals surface area (Å²) in [5, 5.41) is 2.17. The first kappa shape index (κ1) is 9.40. The minimum absolute atomic E-state index is 0.776. The summed E-state index contributed by atoms with van der Waals surface area (Å²) in [5.41, 5.74) is 0. The van der Waals surface area contributed by atoms with Gasteiger partial charge >= 0.3 is 0 Å². The molecule has 1 saturated heterocycles. The predicted octanol–water partition coefficient (Wildman–Crippen LogP) is 2.15. The number of halogens is 1. The molecule has 1 fully saturated rings. The van der Waals surface area contributed by atoms with E-state index in [0.29, 0.717) is 0 Å². The van der Waals surface area contributed by atoms with E-state index in [1.165, 1.54) is 24.4 Å². The Labute approximate surface area is 90.5 Å². The van der Waals surface area contributed by atoms with Crippen molar-refractivity contribution in [1.29, 1.82) is 0 Å². The first-order chi connectivity index (χ1) is 6.40. The van der Waals surface area contributed by atoms with Crippen LogP contribution in [0.15, 0.2) is 6.33 Å². The number of hydrogen-bond acceptors (Lipinski definition) is 4. The third-order valence-corrected chi connectivity index (χ3v) is 4.00. The van der Waals surface area contributed by atoms with Crippen molar-refractivity contribution in [3.8, 4) is 0 Å². The van der Waals surface area contributed by atoms with Crippen LogP contribution >= 0.6 is 27.5 Å². The first-order valence-electron chi connectivity index (χ1n) is 4.47. The summed E-state index contributed by atoms with van der Waals surface area (Å²) in [4.78, 5) is 6.57. The highest BCUT2D eigenvalue weighted by atomic mass is 79.9. The maximum atomic E-state index is 4.23. The number of nitrogens with zero attached hydrogens (tertiary/aromatic N) is 3. The van der Waals surface area contributed by atoms with Gasteiger partial charge in [0.15, 0.2) is 0 Å². The molecular weight excluding hydrogens is 250 g/mol. The minimum Gasteiger partial charge on any atom is -0.347 e. The Morgan fingerprint density at radius 2 is 2.62 bits per heavy atom. The van der Waals surface area contributed by atoms with Gasteiger partial charge in [-0.1, -0.05) is 15.9 Å². The van der Waals surface area contributed by atoms with E-state index < -0.39 is 0 Å². The normalized spacial score (nSPS) is 23.5. The van der Waals surface area contributed by atoms with Gasteiger partial charge in [-0.3, -0.25) is 0 Å². The van der Waals surface area contributed by atoms with E-state index in [-0.39, 0.29) is 0 Å². The molecule has 0 radical (unpaired) electrons. The number of aromatic nitrogens is 2. The third-order valence-electron chi connectivity index (χ3n) is 2.36. The maximum Gasteiger partial charge on any atom is 0.204 e. The summed E-state index contributed by atoms with van der Waals surface area (Å²) in [6, 6.07) is 0. The third kappa shape index (κ3) is 2.20. The largest absolute Gasteiger partial charge is 0.347 e. The fourth-order valence-electron chi connectivity index (χ4n) is 1.67. The molecule has 1 aliphatic rings. The molecule has 72 valence electrons. The summed E-state index contributed by atoms with van der Waals surface area (Å²) in [7, 11) is 0. The number of rotatable bonds is 2. The Hall–Kier alpha value is -0.160. The zero-order chi connectivity index (χ0) is 9.10. The van der Waals surface area contributed by atoms with E-state index in [0.717, 1.165) is 29.5 Å². The second kappa shape index (κ2) is 4.37. The molecule has 5 heteroatoms. The lowest BCUT2D eigenvalue weighted by Crippen LogP contribution is -2.35. The molecule has 13 heavy (non-hydrogen) atoms. The van der Waals surface area contributed by atoms with E-state index in [4.69, 9.17) is 0 Å². The van der Waals surface area contributed by atoms with Gasteiger partial charge in [-0.05, 0) is 18.8 Å². The first-order valence-corrected chi connectivity index (χ1v) is 6.37. The van der Waals surface area contributed by atoms with Crippen molar-refractivity contribution in [1.82, 2.24) is 9.36 Å². The van der Waals surface area contributed by atoms with Gasteiger partial charge in [0.05, 0.1) is 0 Å². The van der Waals surface area contributed by atoms with Crippen LogP contribution in [-0.4, -0.2) is 27.8 Å². The summed E-state index contributed by atoms with van der Waals surface area (Å²) < 4.78 is 4.03. The van der Waals surface area contributed by atoms with Crippen molar-refractivity contribution in [3.05, 3.63) is 6.33 Å². The average Bonchev–Trinajstić information content (AvgIpc) is 2.71. The Kier molecular flexibility index (Phi) is 3.16. The molecule has 0 spiro atoms. The molecule has 1 aromatic rings. The average molecular weight is 262 g/mol. The van der Waals surface area contributed by atoms with Crippen LogP contribution < -0.4 is 4.90 Å². The van der Waals surface area contributed by atoms with Gasteiger partial charge in [0, 0.05) is 30.0 Å². The molecule has 1 unspecified atom stereocenters. The molecule has 1 aliphatic heterocycles. The van der Waals surface area contributed by atoms with Gasteiger partial charge in [0.2, 0.25) is 5.13 Å². The van der Waals surface area contributed by atoms with E-state index in [1.54, 1.807) is 6.33 Å². The van der Waals surface area contributed by atoms with Crippen molar-refractivity contribution in [2.45, 2.75) is 12.8 Å². The molecule has 0 amide bonds. The highest BCUT2D eigenvalue weighted by Gasteiger charge is 2.20. The quantitative estimate of drug-likeness (QED) is 0.765. The molecule has 0 aromatic carbocycles. The summed E-state index contributed by atoms with van der Waals surface area (Å²) in [6.45, 7) is 2.26. The van der Waals surface area contributed by atoms with Crippen LogP contribution in [0.3, 0.4) is 0 Å². The molecule has 2 rings (SSSR count). The molecule has 3 nitrogen and oxygen atoms in total. The van der Waals surface area contributed by atoms with Gasteiger partial charge in [-0.2, -0.15) is 4.37 Å². The van der Waals surface area contributed by atoms with Crippen molar-refractivity contribution in [3.63, 3.8) is 0 Å². The van der Waals surface area contributed by atoms with Crippen LogP contribution in [0, 0.1) is 5.92 Å². The van der Waals surface area contributed by atoms with E-state index in [2.05, 4.69) is 30.2 Å². The lowest BCUT2D eigenvalue weighted by molar-refractivity contribution is 0.455. The summed E-state index contributed by atoms with van der Waals surface area (Å²) in [5.74, 6) is 0.776. The fraction of sp³-hybridized carbons (Fsp3) is 0.750. The Morgan fingerprint density at radius 3 is 3.31 bits per heavy atom. The summed E-state index contributed by atoms with van der Waals surface area (Å²) in [6.07, 6.45) is 4.24. The van der Waals surface area contributed by atoms with E-state index in [9.17, 15) is 0 Å². The van der Waals surface area contributed by atoms with E-state index in [1.807, 2.05) is 0 Å². The van der Waals surface area contributed by atoms with E-state index >= 15 is 0 Å². The predicted molar refractivity (Wildman–Crippen MR) is 58.6 cm³/mol. The zero-order valence-corrected chi connectivity index (χ0v) is 9.72. The van der Waals surface area contributed by atoms with Gasteiger partial charge in [0.25, 0.3) is 0 Å². The van der Waals surface area contributed by atoms with Crippen LogP contribution in [0.5, 0.6) is 0 Å². The van der Waals surface area contributed by atoms with Crippen molar-refractivity contribution in [2.24, 2.45) is 5.92 Å². The molecule has 2 heterocycles. The second-order valence-corrected chi connectivity index (χ2v) is 4.74. The molecule has 0 bridgehead atoms. The lowest BCUT2D eigenvalue weighted by atomic mass is 10.0. The van der Waals surface area contributed by atoms with Crippen LogP contribution in [0.2, 0.25) is 0 Å². The second-order valence-electron chi connectivity index (χ2n) is 3.33. The number of hydrogen-bond donors (Lipinski definition) is 0. The van der Waals surface area contributed by atoms with Gasteiger partial charge < -0.3 is 4.90 Å². The van der Waals surface area contributed by atoms with Crippen molar-refractivity contribution >= 4 is 32.6 Å². The number of alkyl halides is 1. The van der Waals surface area contributed by atoms with Crippen molar-refractivity contribution in [2.75, 3.05) is 23.3 Å². The number of piperidine rings is 1. The molecule has 0 N–H and O–H groups in total. The number of anilines is 1. The minimum atomic E-state index is 0.776. The van der Waals surface area contributed by atoms with Crippen LogP contribution in [0.1, 0.15) is 12.8 Å². The smallest absolute Gasteiger partial charge is 0.204 e. The lowest BCUT2D eigenvalue weighted by Gasteiger charge is -2.31. The highest BCUT2D eigenvalue weighted by molar-refractivity contribution is 9.09. The van der Waals surface area contributed by atoms with Crippen molar-refractivity contribution < 1.29 is 0 Å².